The van der Waals surface area contributed by atoms with Gasteiger partial charge in [-0.2, -0.15) is 0 Å². The molecule has 3 nitrogen and oxygen atoms in total. The Morgan fingerprint density at radius 3 is 2.16 bits per heavy atom. The molecular weight excluding hydrogens is 236 g/mol. The average Bonchev–Trinajstić information content (AvgIpc) is 2.38. The van der Waals surface area contributed by atoms with Gasteiger partial charge in [-0.3, -0.25) is 0 Å². The van der Waals surface area contributed by atoms with E-state index in [-0.39, 0.29) is 0 Å². The first-order valence-electron chi connectivity index (χ1n) is 7.49. The van der Waals surface area contributed by atoms with Gasteiger partial charge in [0.2, 0.25) is 0 Å². The summed E-state index contributed by atoms with van der Waals surface area (Å²) in [5.74, 6) is 0.871. The van der Waals surface area contributed by atoms with Crippen molar-refractivity contribution >= 4 is 11.4 Å². The minimum Gasteiger partial charge on any atom is -0.494 e. The fourth-order valence-electron chi connectivity index (χ4n) is 2.11. The van der Waals surface area contributed by atoms with Crippen LogP contribution < -0.4 is 15.4 Å². The molecular formula is C16H28N2O. The van der Waals surface area contributed by atoms with E-state index < -0.39 is 0 Å². The minimum absolute atomic E-state index is 0.673. The fraction of sp³-hybridized carbons (Fsp3) is 0.625. The number of nitrogens with zero attached hydrogens (tertiary/aromatic N) is 1. The highest BCUT2D eigenvalue weighted by atomic mass is 16.5. The summed E-state index contributed by atoms with van der Waals surface area (Å²) in [7, 11) is 0. The van der Waals surface area contributed by atoms with Crippen LogP contribution in [-0.4, -0.2) is 19.7 Å². The van der Waals surface area contributed by atoms with E-state index in [1.54, 1.807) is 0 Å². The zero-order valence-corrected chi connectivity index (χ0v) is 12.6. The molecule has 0 aliphatic rings. The number of benzene rings is 1. The normalized spacial score (nSPS) is 10.5. The molecule has 0 spiro atoms. The van der Waals surface area contributed by atoms with Crippen molar-refractivity contribution in [3.8, 4) is 5.75 Å². The lowest BCUT2D eigenvalue weighted by atomic mass is 10.2. The topological polar surface area (TPSA) is 38.5 Å². The molecule has 1 aromatic carbocycles. The Hall–Kier alpha value is -1.38. The zero-order chi connectivity index (χ0) is 14.1. The lowest BCUT2D eigenvalue weighted by molar-refractivity contribution is 0.340. The number of hydrogen-bond donors (Lipinski definition) is 1. The highest BCUT2D eigenvalue weighted by Gasteiger charge is 2.08. The predicted molar refractivity (Wildman–Crippen MR) is 84.1 cm³/mol. The Kier molecular flexibility index (Phi) is 7.16. The molecule has 108 valence electrons. The van der Waals surface area contributed by atoms with E-state index in [0.717, 1.165) is 24.5 Å². The van der Waals surface area contributed by atoms with E-state index in [0.29, 0.717) is 6.61 Å². The Morgan fingerprint density at radius 1 is 1.00 bits per heavy atom. The number of rotatable bonds is 9. The predicted octanol–water partition coefficient (Wildman–Crippen LogP) is 4.07. The van der Waals surface area contributed by atoms with Gasteiger partial charge in [-0.15, -0.1) is 0 Å². The maximum absolute atomic E-state index is 5.98. The molecule has 0 saturated heterocycles. The summed E-state index contributed by atoms with van der Waals surface area (Å²) in [6.07, 6.45) is 4.84. The molecule has 0 radical (unpaired) electrons. The first-order chi connectivity index (χ1) is 9.21. The smallest absolute Gasteiger partial charge is 0.123 e. The molecule has 0 saturated carbocycles. The zero-order valence-electron chi connectivity index (χ0n) is 12.6. The Morgan fingerprint density at radius 2 is 1.63 bits per heavy atom. The molecule has 0 aliphatic heterocycles. The molecule has 0 amide bonds. The van der Waals surface area contributed by atoms with Crippen LogP contribution in [0.25, 0.3) is 0 Å². The number of hydrogen-bond acceptors (Lipinski definition) is 3. The summed E-state index contributed by atoms with van der Waals surface area (Å²) in [5, 5.41) is 0. The monoisotopic (exact) mass is 264 g/mol. The Labute approximate surface area is 117 Å². The van der Waals surface area contributed by atoms with Gasteiger partial charge in [0.15, 0.2) is 0 Å². The van der Waals surface area contributed by atoms with Gasteiger partial charge >= 0.3 is 0 Å². The molecule has 0 unspecified atom stereocenters. The SMILES string of the molecule is CCCCN(CCCC)c1cc(N)cc(OCC)c1. The van der Waals surface area contributed by atoms with Gasteiger partial charge in [0, 0.05) is 36.6 Å². The summed E-state index contributed by atoms with van der Waals surface area (Å²) in [6, 6.07) is 6.05. The van der Waals surface area contributed by atoms with Crippen LogP contribution in [0, 0.1) is 0 Å². The van der Waals surface area contributed by atoms with Gasteiger partial charge in [0.05, 0.1) is 6.61 Å². The Bertz CT molecular complexity index is 358. The van der Waals surface area contributed by atoms with Crippen molar-refractivity contribution in [2.75, 3.05) is 30.3 Å². The maximum atomic E-state index is 5.98. The largest absolute Gasteiger partial charge is 0.494 e. The van der Waals surface area contributed by atoms with E-state index >= 15 is 0 Å². The molecule has 0 aromatic heterocycles. The standard InChI is InChI=1S/C16H28N2O/c1-4-7-9-18(10-8-5-2)15-11-14(17)12-16(13-15)19-6-3/h11-13H,4-10,17H2,1-3H3. The maximum Gasteiger partial charge on any atom is 0.123 e. The molecule has 3 heteroatoms. The van der Waals surface area contributed by atoms with E-state index in [9.17, 15) is 0 Å². The van der Waals surface area contributed by atoms with E-state index in [4.69, 9.17) is 10.5 Å². The average molecular weight is 264 g/mol. The van der Waals surface area contributed by atoms with Crippen LogP contribution in [0.5, 0.6) is 5.75 Å². The van der Waals surface area contributed by atoms with Crippen molar-refractivity contribution in [3.05, 3.63) is 18.2 Å². The minimum atomic E-state index is 0.673. The first-order valence-corrected chi connectivity index (χ1v) is 7.49. The highest BCUT2D eigenvalue weighted by Crippen LogP contribution is 2.26. The highest BCUT2D eigenvalue weighted by molar-refractivity contribution is 5.60. The van der Waals surface area contributed by atoms with Gasteiger partial charge in [0.25, 0.3) is 0 Å². The van der Waals surface area contributed by atoms with Crippen LogP contribution in [0.15, 0.2) is 18.2 Å². The van der Waals surface area contributed by atoms with Crippen LogP contribution in [0.3, 0.4) is 0 Å². The van der Waals surface area contributed by atoms with Gasteiger partial charge in [-0.25, -0.2) is 0 Å². The molecule has 1 aromatic rings. The molecule has 19 heavy (non-hydrogen) atoms. The third kappa shape index (κ3) is 5.41. The van der Waals surface area contributed by atoms with E-state index in [1.165, 1.54) is 31.4 Å². The fourth-order valence-corrected chi connectivity index (χ4v) is 2.11. The Balaban J connectivity index is 2.85. The molecule has 0 aliphatic carbocycles. The van der Waals surface area contributed by atoms with Crippen molar-refractivity contribution in [2.45, 2.75) is 46.5 Å². The summed E-state index contributed by atoms with van der Waals surface area (Å²) in [6.45, 7) is 9.30. The van der Waals surface area contributed by atoms with Crippen molar-refractivity contribution < 1.29 is 4.74 Å². The number of unbranched alkanes of at least 4 members (excludes halogenated alkanes) is 2. The third-order valence-electron chi connectivity index (χ3n) is 3.15. The molecule has 2 N–H and O–H groups in total. The second-order valence-corrected chi connectivity index (χ2v) is 4.89. The summed E-state index contributed by atoms with van der Waals surface area (Å²) in [4.78, 5) is 2.42. The number of nitrogens with two attached hydrogens (primary N) is 1. The van der Waals surface area contributed by atoms with Crippen LogP contribution >= 0.6 is 0 Å². The summed E-state index contributed by atoms with van der Waals surface area (Å²) in [5.41, 5.74) is 7.94. The van der Waals surface area contributed by atoms with E-state index in [2.05, 4.69) is 24.8 Å². The van der Waals surface area contributed by atoms with Gasteiger partial charge in [0.1, 0.15) is 5.75 Å². The molecule has 0 bridgehead atoms. The van der Waals surface area contributed by atoms with Gasteiger partial charge in [-0.1, -0.05) is 26.7 Å². The molecule has 0 fully saturated rings. The van der Waals surface area contributed by atoms with Crippen molar-refractivity contribution in [1.29, 1.82) is 0 Å². The molecule has 1 rings (SSSR count). The van der Waals surface area contributed by atoms with Gasteiger partial charge < -0.3 is 15.4 Å². The number of anilines is 2. The lowest BCUT2D eigenvalue weighted by Gasteiger charge is -2.25. The second kappa shape index (κ2) is 8.68. The van der Waals surface area contributed by atoms with E-state index in [1.807, 2.05) is 19.1 Å². The summed E-state index contributed by atoms with van der Waals surface area (Å²) < 4.78 is 5.58. The van der Waals surface area contributed by atoms with Crippen LogP contribution in [0.4, 0.5) is 11.4 Å². The van der Waals surface area contributed by atoms with Crippen molar-refractivity contribution in [2.24, 2.45) is 0 Å². The third-order valence-corrected chi connectivity index (χ3v) is 3.15. The van der Waals surface area contributed by atoms with Crippen LogP contribution in [0.1, 0.15) is 46.5 Å². The second-order valence-electron chi connectivity index (χ2n) is 4.89. The number of ether oxygens (including phenoxy) is 1. The van der Waals surface area contributed by atoms with Crippen LogP contribution in [-0.2, 0) is 0 Å². The van der Waals surface area contributed by atoms with Crippen LogP contribution in [0.2, 0.25) is 0 Å². The molecule has 0 atom stereocenters. The lowest BCUT2D eigenvalue weighted by Crippen LogP contribution is -2.25. The number of nitrogen functional groups attached to an aromatic ring is 1. The molecule has 0 heterocycles. The van der Waals surface area contributed by atoms with Crippen molar-refractivity contribution in [3.63, 3.8) is 0 Å². The quantitative estimate of drug-likeness (QED) is 0.683. The summed E-state index contributed by atoms with van der Waals surface area (Å²) >= 11 is 0. The van der Waals surface area contributed by atoms with Gasteiger partial charge in [-0.05, 0) is 25.8 Å². The first kappa shape index (κ1) is 15.7. The van der Waals surface area contributed by atoms with Crippen molar-refractivity contribution in [1.82, 2.24) is 0 Å².